The quantitative estimate of drug-likeness (QED) is 0.335. The van der Waals surface area contributed by atoms with Gasteiger partial charge in [-0.1, -0.05) is 65.9 Å². The van der Waals surface area contributed by atoms with E-state index in [1.807, 2.05) is 6.08 Å². The van der Waals surface area contributed by atoms with Gasteiger partial charge in [0.25, 0.3) is 0 Å². The molecular weight excluding hydrogens is 484 g/mol. The highest BCUT2D eigenvalue weighted by Gasteiger charge is 2.33. The van der Waals surface area contributed by atoms with Crippen molar-refractivity contribution in [1.82, 2.24) is 29.9 Å². The molecule has 0 bridgehead atoms. The van der Waals surface area contributed by atoms with Gasteiger partial charge in [0.05, 0.1) is 12.6 Å². The van der Waals surface area contributed by atoms with Gasteiger partial charge in [0.2, 0.25) is 5.95 Å². The Kier molecular flexibility index (Phi) is 7.11. The Morgan fingerprint density at radius 2 is 1.62 bits per heavy atom. The number of aromatic nitrogens is 5. The molecule has 0 atom stereocenters. The van der Waals surface area contributed by atoms with E-state index in [0.29, 0.717) is 36.4 Å². The number of rotatable bonds is 8. The first-order valence-electron chi connectivity index (χ1n) is 13.9. The molecule has 1 fully saturated rings. The monoisotopic (exact) mass is 520 g/mol. The number of allylic oxidation sites excluding steroid dienone is 1. The van der Waals surface area contributed by atoms with E-state index in [1.54, 1.807) is 10.8 Å². The smallest absolute Gasteiger partial charge is 0.229 e. The molecule has 1 saturated heterocycles. The highest BCUT2D eigenvalue weighted by Crippen LogP contribution is 2.38. The first-order chi connectivity index (χ1) is 19.2. The van der Waals surface area contributed by atoms with Crippen LogP contribution in [0.25, 0.3) is 11.2 Å². The zero-order valence-corrected chi connectivity index (χ0v) is 22.6. The molecule has 4 aromatic rings. The maximum Gasteiger partial charge on any atom is 0.229 e. The maximum atomic E-state index is 4.90. The number of benzene rings is 2. The number of aryl methyl sites for hydroxylation is 2. The van der Waals surface area contributed by atoms with Crippen molar-refractivity contribution in [3.63, 3.8) is 0 Å². The van der Waals surface area contributed by atoms with E-state index in [9.17, 15) is 0 Å². The van der Waals surface area contributed by atoms with E-state index in [1.165, 1.54) is 22.3 Å². The van der Waals surface area contributed by atoms with Gasteiger partial charge in [-0.05, 0) is 55.0 Å². The lowest BCUT2D eigenvalue weighted by Crippen LogP contribution is -2.45. The Morgan fingerprint density at radius 3 is 2.26 bits per heavy atom. The van der Waals surface area contributed by atoms with Crippen LogP contribution in [0.15, 0.2) is 73.8 Å². The van der Waals surface area contributed by atoms with Crippen molar-refractivity contribution in [3.8, 4) is 0 Å². The molecule has 1 aliphatic carbocycles. The van der Waals surface area contributed by atoms with Crippen LogP contribution in [0.1, 0.15) is 41.1 Å². The number of nitrogens with one attached hydrogen (secondary N) is 1. The summed E-state index contributed by atoms with van der Waals surface area (Å²) >= 11 is 0. The van der Waals surface area contributed by atoms with Gasteiger partial charge in [0.1, 0.15) is 0 Å². The molecule has 1 N–H and O–H groups in total. The van der Waals surface area contributed by atoms with Crippen molar-refractivity contribution >= 4 is 22.9 Å². The van der Waals surface area contributed by atoms with E-state index >= 15 is 0 Å². The zero-order chi connectivity index (χ0) is 26.8. The van der Waals surface area contributed by atoms with Crippen LogP contribution in [-0.4, -0.2) is 62.6 Å². The summed E-state index contributed by atoms with van der Waals surface area (Å²) in [7, 11) is 2.31. The molecule has 1 aliphatic heterocycles. The number of nitrogens with zero attached hydrogens (tertiary/aromatic N) is 7. The van der Waals surface area contributed by atoms with Crippen LogP contribution >= 0.6 is 0 Å². The molecule has 0 spiro atoms. The van der Waals surface area contributed by atoms with Crippen LogP contribution in [0.5, 0.6) is 0 Å². The van der Waals surface area contributed by atoms with Gasteiger partial charge in [-0.25, -0.2) is 4.68 Å². The lowest BCUT2D eigenvalue weighted by molar-refractivity contribution is 0.169. The molecule has 6 rings (SSSR count). The predicted octanol–water partition coefficient (Wildman–Crippen LogP) is 4.79. The molecule has 8 nitrogen and oxygen atoms in total. The topological polar surface area (TPSA) is 75.0 Å². The Labute approximate surface area is 230 Å². The highest BCUT2D eigenvalue weighted by molar-refractivity contribution is 5.83. The number of fused-ring (bicyclic) bond motifs is 3. The van der Waals surface area contributed by atoms with E-state index in [-0.39, 0.29) is 6.04 Å². The number of piperidine rings is 1. The van der Waals surface area contributed by atoms with Gasteiger partial charge in [0, 0.05) is 25.7 Å². The molecule has 8 heteroatoms. The molecule has 0 unspecified atom stereocenters. The zero-order valence-electron chi connectivity index (χ0n) is 22.6. The van der Waals surface area contributed by atoms with Crippen molar-refractivity contribution in [2.45, 2.75) is 44.3 Å². The number of hydrogen-bond donors (Lipinski definition) is 1. The van der Waals surface area contributed by atoms with Crippen LogP contribution in [0.3, 0.4) is 0 Å². The van der Waals surface area contributed by atoms with Gasteiger partial charge < -0.3 is 10.2 Å². The minimum atomic E-state index is 0.262. The second-order valence-corrected chi connectivity index (χ2v) is 10.5. The third-order valence-corrected chi connectivity index (χ3v) is 8.16. The summed E-state index contributed by atoms with van der Waals surface area (Å²) in [4.78, 5) is 14.7. The largest absolute Gasteiger partial charge is 0.365 e. The molecule has 39 heavy (non-hydrogen) atoms. The summed E-state index contributed by atoms with van der Waals surface area (Å²) in [6.45, 7) is 10.6. The second kappa shape index (κ2) is 11.0. The summed E-state index contributed by atoms with van der Waals surface area (Å²) < 4.78 is 1.77. The maximum absolute atomic E-state index is 4.90. The highest BCUT2D eigenvalue weighted by atomic mass is 15.5. The minimum Gasteiger partial charge on any atom is -0.365 e. The number of hydrogen-bond acceptors (Lipinski definition) is 7. The molecule has 0 radical (unpaired) electrons. The Balaban J connectivity index is 1.26. The van der Waals surface area contributed by atoms with Gasteiger partial charge in [-0.3, -0.25) is 4.90 Å². The summed E-state index contributed by atoms with van der Waals surface area (Å²) in [5, 5.41) is 11.9. The molecular formula is C31H36N8. The van der Waals surface area contributed by atoms with Gasteiger partial charge in [-0.2, -0.15) is 9.97 Å². The Morgan fingerprint density at radius 1 is 0.949 bits per heavy atom. The van der Waals surface area contributed by atoms with E-state index in [0.717, 1.165) is 44.4 Å². The lowest BCUT2D eigenvalue weighted by atomic mass is 9.91. The third-order valence-electron chi connectivity index (χ3n) is 8.16. The van der Waals surface area contributed by atoms with Crippen molar-refractivity contribution in [1.29, 1.82) is 0 Å². The predicted molar refractivity (Wildman–Crippen MR) is 157 cm³/mol. The molecule has 2 aromatic heterocycles. The van der Waals surface area contributed by atoms with Crippen molar-refractivity contribution in [2.24, 2.45) is 0 Å². The fraction of sp³-hybridized carbons (Fsp3) is 0.355. The van der Waals surface area contributed by atoms with Crippen LogP contribution in [0, 0.1) is 0 Å². The minimum absolute atomic E-state index is 0.262. The molecule has 0 saturated carbocycles. The van der Waals surface area contributed by atoms with E-state index in [2.05, 4.69) is 94.2 Å². The summed E-state index contributed by atoms with van der Waals surface area (Å²) in [6.07, 6.45) is 7.88. The van der Waals surface area contributed by atoms with Crippen LogP contribution in [0.4, 0.5) is 11.8 Å². The van der Waals surface area contributed by atoms with Gasteiger partial charge in [-0.15, -0.1) is 18.3 Å². The Bertz CT molecular complexity index is 1440. The van der Waals surface area contributed by atoms with Crippen LogP contribution < -0.4 is 10.2 Å². The third kappa shape index (κ3) is 4.81. The average Bonchev–Trinajstić information content (AvgIpc) is 3.30. The molecule has 3 heterocycles. The van der Waals surface area contributed by atoms with Crippen molar-refractivity contribution in [2.75, 3.05) is 36.9 Å². The van der Waals surface area contributed by atoms with Gasteiger partial charge >= 0.3 is 0 Å². The normalized spacial score (nSPS) is 16.1. The molecule has 2 aromatic carbocycles. The molecule has 2 aliphatic rings. The molecule has 0 amide bonds. The van der Waals surface area contributed by atoms with Crippen LogP contribution in [-0.2, 0) is 19.4 Å². The van der Waals surface area contributed by atoms with Gasteiger partial charge in [0.15, 0.2) is 17.0 Å². The fourth-order valence-corrected chi connectivity index (χ4v) is 6.14. The lowest BCUT2D eigenvalue weighted by Gasteiger charge is -2.41. The summed E-state index contributed by atoms with van der Waals surface area (Å²) in [5.74, 6) is 1.41. The Hall–Kier alpha value is -4.04. The number of anilines is 2. The first kappa shape index (κ1) is 25.2. The standard InChI is InChI=1S/C31H36N8/c1-4-18-32-29-27-30(39(19-5-2)36-35-27)34-31(33-29)38-20-16-24(17-21-38)37(3)28-25-12-8-6-10-22(25)14-15-23-11-7-9-13-26(23)28/h4-13,24,28H,1-2,14-21H2,3H3,(H,32,33,34). The van der Waals surface area contributed by atoms with E-state index < -0.39 is 0 Å². The van der Waals surface area contributed by atoms with Crippen molar-refractivity contribution < 1.29 is 0 Å². The van der Waals surface area contributed by atoms with Crippen molar-refractivity contribution in [3.05, 3.63) is 96.1 Å². The second-order valence-electron chi connectivity index (χ2n) is 10.5. The molecule has 200 valence electrons. The first-order valence-corrected chi connectivity index (χ1v) is 13.9. The SMILES string of the molecule is C=CCNc1nc(N2CCC(N(C)C3c4ccccc4CCc4ccccc43)CC2)nc2c1nnn2CC=C. The van der Waals surface area contributed by atoms with E-state index in [4.69, 9.17) is 9.97 Å². The van der Waals surface area contributed by atoms with Crippen LogP contribution in [0.2, 0.25) is 0 Å². The fourth-order valence-electron chi connectivity index (χ4n) is 6.14. The summed E-state index contributed by atoms with van der Waals surface area (Å²) in [5.41, 5.74) is 7.22. The average molecular weight is 521 g/mol. The summed E-state index contributed by atoms with van der Waals surface area (Å²) in [6, 6.07) is 18.7.